The SMILES string of the molecule is C=CC(=O)OCCOC(C)C(=O)OCCSCC. The van der Waals surface area contributed by atoms with Crippen molar-refractivity contribution in [3.63, 3.8) is 0 Å². The van der Waals surface area contributed by atoms with E-state index in [-0.39, 0.29) is 13.2 Å². The molecule has 0 rings (SSSR count). The molecule has 5 nitrogen and oxygen atoms in total. The highest BCUT2D eigenvalue weighted by atomic mass is 32.2. The van der Waals surface area contributed by atoms with Crippen molar-refractivity contribution in [3.8, 4) is 0 Å². The quantitative estimate of drug-likeness (QED) is 0.341. The molecule has 0 saturated heterocycles. The molecule has 0 amide bonds. The minimum atomic E-state index is -0.654. The van der Waals surface area contributed by atoms with Crippen molar-refractivity contribution in [2.45, 2.75) is 20.0 Å². The summed E-state index contributed by atoms with van der Waals surface area (Å²) in [6.45, 7) is 7.54. The molecule has 0 aromatic rings. The topological polar surface area (TPSA) is 61.8 Å². The molecule has 0 fully saturated rings. The van der Waals surface area contributed by atoms with Crippen LogP contribution in [-0.2, 0) is 23.8 Å². The van der Waals surface area contributed by atoms with Gasteiger partial charge >= 0.3 is 11.9 Å². The van der Waals surface area contributed by atoms with Gasteiger partial charge in [-0.3, -0.25) is 0 Å². The maximum atomic E-state index is 11.4. The van der Waals surface area contributed by atoms with Crippen LogP contribution in [0.25, 0.3) is 0 Å². The van der Waals surface area contributed by atoms with Gasteiger partial charge in [0.15, 0.2) is 6.10 Å². The average Bonchev–Trinajstić information content (AvgIpc) is 2.38. The highest BCUT2D eigenvalue weighted by Gasteiger charge is 2.14. The van der Waals surface area contributed by atoms with Crippen molar-refractivity contribution in [3.05, 3.63) is 12.7 Å². The fraction of sp³-hybridized carbons (Fsp3) is 0.667. The molecule has 18 heavy (non-hydrogen) atoms. The first-order valence-corrected chi connectivity index (χ1v) is 6.92. The van der Waals surface area contributed by atoms with E-state index in [0.717, 1.165) is 17.6 Å². The van der Waals surface area contributed by atoms with E-state index < -0.39 is 18.0 Å². The van der Waals surface area contributed by atoms with Crippen molar-refractivity contribution >= 4 is 23.7 Å². The first kappa shape index (κ1) is 17.0. The maximum absolute atomic E-state index is 11.4. The van der Waals surface area contributed by atoms with Gasteiger partial charge in [-0.25, -0.2) is 9.59 Å². The molecule has 0 aliphatic carbocycles. The van der Waals surface area contributed by atoms with E-state index in [0.29, 0.717) is 6.61 Å². The maximum Gasteiger partial charge on any atom is 0.334 e. The van der Waals surface area contributed by atoms with E-state index in [9.17, 15) is 9.59 Å². The zero-order valence-electron chi connectivity index (χ0n) is 10.8. The number of esters is 2. The Bertz CT molecular complexity index is 267. The van der Waals surface area contributed by atoms with E-state index in [1.54, 1.807) is 18.7 Å². The van der Waals surface area contributed by atoms with Crippen LogP contribution in [0.1, 0.15) is 13.8 Å². The van der Waals surface area contributed by atoms with Gasteiger partial charge in [0.2, 0.25) is 0 Å². The Labute approximate surface area is 112 Å². The lowest BCUT2D eigenvalue weighted by Crippen LogP contribution is -2.26. The lowest BCUT2D eigenvalue weighted by Gasteiger charge is -2.12. The Kier molecular flexibility index (Phi) is 10.5. The van der Waals surface area contributed by atoms with Crippen LogP contribution in [0.2, 0.25) is 0 Å². The van der Waals surface area contributed by atoms with Crippen LogP contribution in [0.4, 0.5) is 0 Å². The van der Waals surface area contributed by atoms with E-state index in [1.165, 1.54) is 0 Å². The molecule has 0 saturated carbocycles. The van der Waals surface area contributed by atoms with Gasteiger partial charge in [-0.1, -0.05) is 13.5 Å². The first-order valence-electron chi connectivity index (χ1n) is 5.77. The average molecular weight is 276 g/mol. The normalized spacial score (nSPS) is 11.7. The van der Waals surface area contributed by atoms with Crippen LogP contribution in [0, 0.1) is 0 Å². The molecule has 0 aromatic heterocycles. The number of thioether (sulfide) groups is 1. The number of carbonyl (C=O) groups is 2. The largest absolute Gasteiger partial charge is 0.463 e. The third-order valence-electron chi connectivity index (χ3n) is 1.87. The van der Waals surface area contributed by atoms with Gasteiger partial charge < -0.3 is 14.2 Å². The summed E-state index contributed by atoms with van der Waals surface area (Å²) in [5.74, 6) is 0.872. The molecule has 0 aliphatic heterocycles. The van der Waals surface area contributed by atoms with Crippen LogP contribution in [0.3, 0.4) is 0 Å². The van der Waals surface area contributed by atoms with Crippen molar-refractivity contribution < 1.29 is 23.8 Å². The van der Waals surface area contributed by atoms with Crippen LogP contribution in [0.15, 0.2) is 12.7 Å². The summed E-state index contributed by atoms with van der Waals surface area (Å²) >= 11 is 1.70. The lowest BCUT2D eigenvalue weighted by molar-refractivity contribution is -0.156. The third kappa shape index (κ3) is 9.07. The molecule has 1 atom stereocenters. The standard InChI is InChI=1S/C12H20O5S/c1-4-11(13)16-7-6-15-10(3)12(14)17-8-9-18-5-2/h4,10H,1,5-9H2,2-3H3. The molecule has 0 radical (unpaired) electrons. The lowest BCUT2D eigenvalue weighted by atomic mass is 10.4. The Morgan fingerprint density at radius 1 is 1.28 bits per heavy atom. The Balaban J connectivity index is 3.55. The van der Waals surface area contributed by atoms with Crippen molar-refractivity contribution in [2.75, 3.05) is 31.3 Å². The number of hydrogen-bond donors (Lipinski definition) is 0. The molecule has 0 heterocycles. The van der Waals surface area contributed by atoms with Crippen molar-refractivity contribution in [1.29, 1.82) is 0 Å². The fourth-order valence-corrected chi connectivity index (χ4v) is 1.45. The molecule has 0 aliphatic rings. The smallest absolute Gasteiger partial charge is 0.334 e. The molecule has 0 spiro atoms. The number of carbonyl (C=O) groups excluding carboxylic acids is 2. The predicted molar refractivity (Wildman–Crippen MR) is 70.5 cm³/mol. The zero-order valence-corrected chi connectivity index (χ0v) is 11.7. The van der Waals surface area contributed by atoms with Crippen LogP contribution in [-0.4, -0.2) is 49.4 Å². The summed E-state index contributed by atoms with van der Waals surface area (Å²) in [4.78, 5) is 22.1. The van der Waals surface area contributed by atoms with Gasteiger partial charge in [0.05, 0.1) is 6.61 Å². The van der Waals surface area contributed by atoms with Crippen LogP contribution < -0.4 is 0 Å². The highest BCUT2D eigenvalue weighted by molar-refractivity contribution is 7.99. The molecular formula is C12H20O5S. The number of hydrogen-bond acceptors (Lipinski definition) is 6. The Morgan fingerprint density at radius 2 is 2.00 bits per heavy atom. The Morgan fingerprint density at radius 3 is 2.61 bits per heavy atom. The van der Waals surface area contributed by atoms with Gasteiger partial charge in [-0.05, 0) is 12.7 Å². The summed E-state index contributed by atoms with van der Waals surface area (Å²) in [5, 5.41) is 0. The van der Waals surface area contributed by atoms with Crippen molar-refractivity contribution in [1.82, 2.24) is 0 Å². The van der Waals surface area contributed by atoms with E-state index in [2.05, 4.69) is 6.58 Å². The second kappa shape index (κ2) is 11.1. The zero-order chi connectivity index (χ0) is 13.8. The van der Waals surface area contributed by atoms with Gasteiger partial charge in [0.25, 0.3) is 0 Å². The molecule has 0 N–H and O–H groups in total. The molecule has 1 unspecified atom stereocenters. The Hall–Kier alpha value is -1.01. The number of rotatable bonds is 10. The molecule has 0 aromatic carbocycles. The minimum absolute atomic E-state index is 0.0914. The van der Waals surface area contributed by atoms with E-state index in [4.69, 9.17) is 14.2 Å². The molecule has 104 valence electrons. The second-order valence-electron chi connectivity index (χ2n) is 3.25. The van der Waals surface area contributed by atoms with Crippen LogP contribution in [0.5, 0.6) is 0 Å². The highest BCUT2D eigenvalue weighted by Crippen LogP contribution is 2.00. The molecule has 6 heteroatoms. The molecule has 0 bridgehead atoms. The minimum Gasteiger partial charge on any atom is -0.463 e. The summed E-state index contributed by atoms with van der Waals surface area (Å²) in [6.07, 6.45) is 0.419. The van der Waals surface area contributed by atoms with Gasteiger partial charge in [0, 0.05) is 11.8 Å². The number of ether oxygens (including phenoxy) is 3. The monoisotopic (exact) mass is 276 g/mol. The summed E-state index contributed by atoms with van der Waals surface area (Å²) in [7, 11) is 0. The van der Waals surface area contributed by atoms with E-state index >= 15 is 0 Å². The summed E-state index contributed by atoms with van der Waals surface area (Å²) in [6, 6.07) is 0. The fourth-order valence-electron chi connectivity index (χ4n) is 0.957. The summed E-state index contributed by atoms with van der Waals surface area (Å²) in [5.41, 5.74) is 0. The van der Waals surface area contributed by atoms with Gasteiger partial charge in [-0.15, -0.1) is 0 Å². The first-order chi connectivity index (χ1) is 8.61. The van der Waals surface area contributed by atoms with Crippen molar-refractivity contribution in [2.24, 2.45) is 0 Å². The van der Waals surface area contributed by atoms with Gasteiger partial charge in [0.1, 0.15) is 13.2 Å². The predicted octanol–water partition coefficient (Wildman–Crippen LogP) is 1.42. The summed E-state index contributed by atoms with van der Waals surface area (Å²) < 4.78 is 14.9. The van der Waals surface area contributed by atoms with E-state index in [1.807, 2.05) is 6.92 Å². The molecular weight excluding hydrogens is 256 g/mol. The third-order valence-corrected chi connectivity index (χ3v) is 2.73. The second-order valence-corrected chi connectivity index (χ2v) is 4.64. The van der Waals surface area contributed by atoms with Gasteiger partial charge in [-0.2, -0.15) is 11.8 Å². The van der Waals surface area contributed by atoms with Crippen LogP contribution >= 0.6 is 11.8 Å².